The number of hydrogen-bond donors (Lipinski definition) is 1. The molecule has 4 heteroatoms. The van der Waals surface area contributed by atoms with Crippen molar-refractivity contribution in [3.63, 3.8) is 0 Å². The third-order valence-corrected chi connectivity index (χ3v) is 3.81. The van der Waals surface area contributed by atoms with Gasteiger partial charge >= 0.3 is 0 Å². The van der Waals surface area contributed by atoms with Crippen molar-refractivity contribution < 1.29 is 9.59 Å². The summed E-state index contributed by atoms with van der Waals surface area (Å²) >= 11 is 0. The molecule has 21 heavy (non-hydrogen) atoms. The first-order chi connectivity index (χ1) is 9.88. The Bertz CT molecular complexity index is 552. The van der Waals surface area contributed by atoms with Crippen LogP contribution >= 0.6 is 0 Å². The Labute approximate surface area is 126 Å². The summed E-state index contributed by atoms with van der Waals surface area (Å²) in [7, 11) is 0. The van der Waals surface area contributed by atoms with Crippen LogP contribution in [-0.4, -0.2) is 24.4 Å². The molecule has 1 N–H and O–H groups in total. The second-order valence-electron chi connectivity index (χ2n) is 6.28. The molecule has 2 rings (SSSR count). The predicted octanol–water partition coefficient (Wildman–Crippen LogP) is 2.57. The largest absolute Gasteiger partial charge is 0.344 e. The lowest BCUT2D eigenvalue weighted by atomic mass is 10.0. The molecule has 4 nitrogen and oxygen atoms in total. The number of benzene rings is 1. The summed E-state index contributed by atoms with van der Waals surface area (Å²) in [6, 6.07) is 5.64. The summed E-state index contributed by atoms with van der Waals surface area (Å²) < 4.78 is 0. The molecule has 0 aromatic heterocycles. The van der Waals surface area contributed by atoms with Gasteiger partial charge in [0.05, 0.1) is 0 Å². The Kier molecular flexibility index (Phi) is 4.66. The fraction of sp³-hybridized carbons (Fsp3) is 0.529. The lowest BCUT2D eigenvalue weighted by Gasteiger charge is -2.26. The van der Waals surface area contributed by atoms with Gasteiger partial charge in [-0.1, -0.05) is 31.5 Å². The van der Waals surface area contributed by atoms with Gasteiger partial charge in [-0.2, -0.15) is 0 Å². The van der Waals surface area contributed by atoms with Gasteiger partial charge < -0.3 is 10.2 Å². The summed E-state index contributed by atoms with van der Waals surface area (Å²) in [6.45, 7) is 8.61. The zero-order valence-corrected chi connectivity index (χ0v) is 13.3. The van der Waals surface area contributed by atoms with Crippen molar-refractivity contribution in [3.8, 4) is 0 Å². The number of anilines is 1. The van der Waals surface area contributed by atoms with Crippen LogP contribution in [0.5, 0.6) is 0 Å². The molecule has 1 unspecified atom stereocenters. The lowest BCUT2D eigenvalue weighted by molar-refractivity contribution is -0.125. The molecule has 1 aliphatic heterocycles. The van der Waals surface area contributed by atoms with E-state index in [0.29, 0.717) is 25.3 Å². The van der Waals surface area contributed by atoms with Gasteiger partial charge in [-0.05, 0) is 37.8 Å². The van der Waals surface area contributed by atoms with Crippen LogP contribution in [-0.2, 0) is 9.59 Å². The third-order valence-electron chi connectivity index (χ3n) is 3.81. The summed E-state index contributed by atoms with van der Waals surface area (Å²) in [4.78, 5) is 26.4. The van der Waals surface area contributed by atoms with E-state index in [4.69, 9.17) is 0 Å². The molecule has 114 valence electrons. The zero-order chi connectivity index (χ0) is 15.6. The number of aryl methyl sites for hydroxylation is 2. The van der Waals surface area contributed by atoms with E-state index in [0.717, 1.165) is 11.3 Å². The molecule has 0 saturated carbocycles. The zero-order valence-electron chi connectivity index (χ0n) is 13.3. The third kappa shape index (κ3) is 3.63. The maximum Gasteiger partial charge on any atom is 0.249 e. The SMILES string of the molecule is Cc1ccc(N2CCC(=O)NC(CC(C)C)C2=O)c(C)c1. The Morgan fingerprint density at radius 1 is 1.29 bits per heavy atom. The molecule has 0 bridgehead atoms. The number of hydrogen-bond acceptors (Lipinski definition) is 2. The number of carbonyl (C=O) groups excluding carboxylic acids is 2. The molecule has 0 radical (unpaired) electrons. The van der Waals surface area contributed by atoms with Crippen LogP contribution in [0.2, 0.25) is 0 Å². The Balaban J connectivity index is 2.32. The predicted molar refractivity (Wildman–Crippen MR) is 84.3 cm³/mol. The molecule has 2 amide bonds. The molecule has 0 spiro atoms. The maximum absolute atomic E-state index is 12.8. The second kappa shape index (κ2) is 6.29. The summed E-state index contributed by atoms with van der Waals surface area (Å²) in [5.41, 5.74) is 3.16. The van der Waals surface area contributed by atoms with E-state index >= 15 is 0 Å². The van der Waals surface area contributed by atoms with Gasteiger partial charge in [0.2, 0.25) is 11.8 Å². The number of carbonyl (C=O) groups is 2. The molecular weight excluding hydrogens is 264 g/mol. The van der Waals surface area contributed by atoms with E-state index < -0.39 is 6.04 Å². The van der Waals surface area contributed by atoms with Gasteiger partial charge in [-0.25, -0.2) is 0 Å². The Morgan fingerprint density at radius 2 is 2.00 bits per heavy atom. The van der Waals surface area contributed by atoms with E-state index in [1.807, 2.05) is 26.0 Å². The summed E-state index contributed by atoms with van der Waals surface area (Å²) in [5, 5.41) is 2.86. The van der Waals surface area contributed by atoms with Gasteiger partial charge in [-0.15, -0.1) is 0 Å². The Hall–Kier alpha value is -1.84. The lowest BCUT2D eigenvalue weighted by Crippen LogP contribution is -2.45. The number of amides is 2. The molecular formula is C17H24N2O2. The molecule has 1 saturated heterocycles. The normalized spacial score (nSPS) is 19.7. The van der Waals surface area contributed by atoms with Crippen molar-refractivity contribution in [3.05, 3.63) is 29.3 Å². The number of nitrogens with zero attached hydrogens (tertiary/aromatic N) is 1. The molecule has 1 fully saturated rings. The first-order valence-corrected chi connectivity index (χ1v) is 7.56. The minimum absolute atomic E-state index is 0.00139. The van der Waals surface area contributed by atoms with Crippen molar-refractivity contribution >= 4 is 17.5 Å². The highest BCUT2D eigenvalue weighted by atomic mass is 16.2. The topological polar surface area (TPSA) is 49.4 Å². The van der Waals surface area contributed by atoms with Crippen LogP contribution in [0.15, 0.2) is 18.2 Å². The minimum atomic E-state index is -0.416. The van der Waals surface area contributed by atoms with Gasteiger partial charge in [0.15, 0.2) is 0 Å². The maximum atomic E-state index is 12.8. The van der Waals surface area contributed by atoms with E-state index in [2.05, 4.69) is 25.2 Å². The highest BCUT2D eigenvalue weighted by molar-refractivity contribution is 6.01. The van der Waals surface area contributed by atoms with Crippen LogP contribution in [0.3, 0.4) is 0 Å². The van der Waals surface area contributed by atoms with Crippen molar-refractivity contribution in [2.24, 2.45) is 5.92 Å². The first-order valence-electron chi connectivity index (χ1n) is 7.56. The number of nitrogens with one attached hydrogen (secondary N) is 1. The second-order valence-corrected chi connectivity index (χ2v) is 6.28. The van der Waals surface area contributed by atoms with E-state index in [1.165, 1.54) is 5.56 Å². The van der Waals surface area contributed by atoms with Crippen molar-refractivity contribution in [1.29, 1.82) is 0 Å². The summed E-state index contributed by atoms with van der Waals surface area (Å²) in [6.07, 6.45) is 1.03. The molecule has 1 aromatic rings. The molecule has 1 aromatic carbocycles. The average Bonchev–Trinajstić information content (AvgIpc) is 2.51. The Morgan fingerprint density at radius 3 is 2.62 bits per heavy atom. The number of rotatable bonds is 3. The fourth-order valence-electron chi connectivity index (χ4n) is 2.82. The van der Waals surface area contributed by atoms with Gasteiger partial charge in [0, 0.05) is 18.7 Å². The first kappa shape index (κ1) is 15.5. The molecule has 1 heterocycles. The van der Waals surface area contributed by atoms with Crippen LogP contribution in [0, 0.1) is 19.8 Å². The van der Waals surface area contributed by atoms with Gasteiger partial charge in [-0.3, -0.25) is 9.59 Å². The quantitative estimate of drug-likeness (QED) is 0.929. The fourth-order valence-corrected chi connectivity index (χ4v) is 2.82. The highest BCUT2D eigenvalue weighted by Gasteiger charge is 2.31. The smallest absolute Gasteiger partial charge is 0.249 e. The van der Waals surface area contributed by atoms with Crippen LogP contribution in [0.25, 0.3) is 0 Å². The highest BCUT2D eigenvalue weighted by Crippen LogP contribution is 2.24. The van der Waals surface area contributed by atoms with Crippen molar-refractivity contribution in [2.75, 3.05) is 11.4 Å². The average molecular weight is 288 g/mol. The molecule has 0 aliphatic carbocycles. The van der Waals surface area contributed by atoms with Gasteiger partial charge in [0.1, 0.15) is 6.04 Å². The van der Waals surface area contributed by atoms with Crippen LogP contribution in [0.4, 0.5) is 5.69 Å². The van der Waals surface area contributed by atoms with E-state index in [-0.39, 0.29) is 11.8 Å². The van der Waals surface area contributed by atoms with Crippen molar-refractivity contribution in [1.82, 2.24) is 5.32 Å². The standard InChI is InChI=1S/C17H24N2O2/c1-11(2)9-14-17(21)19(8-7-16(20)18-14)15-6-5-12(3)10-13(15)4/h5-6,10-11,14H,7-9H2,1-4H3,(H,18,20). The molecule has 1 aliphatic rings. The van der Waals surface area contributed by atoms with E-state index in [9.17, 15) is 9.59 Å². The van der Waals surface area contributed by atoms with Gasteiger partial charge in [0.25, 0.3) is 0 Å². The summed E-state index contributed by atoms with van der Waals surface area (Å²) in [5.74, 6) is 0.320. The van der Waals surface area contributed by atoms with Crippen LogP contribution < -0.4 is 10.2 Å². The van der Waals surface area contributed by atoms with Crippen LogP contribution in [0.1, 0.15) is 37.8 Å². The van der Waals surface area contributed by atoms with Crippen molar-refractivity contribution in [2.45, 2.75) is 46.6 Å². The minimum Gasteiger partial charge on any atom is -0.344 e. The van der Waals surface area contributed by atoms with E-state index in [1.54, 1.807) is 4.90 Å². The monoisotopic (exact) mass is 288 g/mol. The molecule has 1 atom stereocenters.